The van der Waals surface area contributed by atoms with Crippen LogP contribution in [0.1, 0.15) is 0 Å². The first-order valence-corrected chi connectivity index (χ1v) is 4.54. The van der Waals surface area contributed by atoms with E-state index in [9.17, 15) is 0 Å². The van der Waals surface area contributed by atoms with Crippen LogP contribution in [0.2, 0.25) is 0 Å². The summed E-state index contributed by atoms with van der Waals surface area (Å²) in [4.78, 5) is 3.98. The monoisotopic (exact) mass is 221 g/mol. The number of rotatable bonds is 3. The molecule has 6 nitrogen and oxygen atoms in total. The van der Waals surface area contributed by atoms with Gasteiger partial charge in [0.15, 0.2) is 23.1 Å². The normalized spacial score (nSPS) is 10.1. The highest BCUT2D eigenvalue weighted by Crippen LogP contribution is 2.37. The molecule has 2 N–H and O–H groups in total. The smallest absolute Gasteiger partial charge is 0.176 e. The van der Waals surface area contributed by atoms with E-state index in [-0.39, 0.29) is 0 Å². The Morgan fingerprint density at radius 3 is 2.25 bits per heavy atom. The molecule has 16 heavy (non-hydrogen) atoms. The van der Waals surface area contributed by atoms with Crippen molar-refractivity contribution in [3.8, 4) is 22.8 Å². The number of anilines is 1. The molecule has 0 bridgehead atoms. The van der Waals surface area contributed by atoms with E-state index in [4.69, 9.17) is 19.7 Å². The highest BCUT2D eigenvalue weighted by atomic mass is 16.5. The third-order valence-electron chi connectivity index (χ3n) is 2.09. The van der Waals surface area contributed by atoms with Crippen molar-refractivity contribution < 1.29 is 14.0 Å². The molecule has 2 rings (SSSR count). The fourth-order valence-corrected chi connectivity index (χ4v) is 1.38. The lowest BCUT2D eigenvalue weighted by molar-refractivity contribution is 0.384. The van der Waals surface area contributed by atoms with Gasteiger partial charge in [0, 0.05) is 6.07 Å². The first-order valence-electron chi connectivity index (χ1n) is 4.54. The molecule has 2 heterocycles. The van der Waals surface area contributed by atoms with Crippen LogP contribution in [0.4, 0.5) is 5.82 Å². The molecule has 2 aromatic rings. The summed E-state index contributed by atoms with van der Waals surface area (Å²) in [6.07, 6.45) is 3.13. The molecule has 0 aliphatic heterocycles. The Bertz CT molecular complexity index is 474. The average Bonchev–Trinajstić information content (AvgIpc) is 2.74. The van der Waals surface area contributed by atoms with Crippen molar-refractivity contribution in [1.29, 1.82) is 0 Å². The van der Waals surface area contributed by atoms with E-state index in [0.717, 1.165) is 0 Å². The summed E-state index contributed by atoms with van der Waals surface area (Å²) in [6.45, 7) is 0. The number of hydrogen-bond acceptors (Lipinski definition) is 6. The topological polar surface area (TPSA) is 83.4 Å². The van der Waals surface area contributed by atoms with Crippen LogP contribution in [0.25, 0.3) is 11.3 Å². The Balaban J connectivity index is 2.60. The van der Waals surface area contributed by atoms with Crippen molar-refractivity contribution in [3.05, 3.63) is 18.5 Å². The highest BCUT2D eigenvalue weighted by molar-refractivity contribution is 5.73. The minimum atomic E-state index is 0.302. The number of nitrogen functional groups attached to an aromatic ring is 1. The lowest BCUT2D eigenvalue weighted by atomic mass is 10.2. The Kier molecular flexibility index (Phi) is 2.63. The molecule has 0 radical (unpaired) electrons. The largest absolute Gasteiger partial charge is 0.494 e. The number of hydrogen-bond donors (Lipinski definition) is 1. The van der Waals surface area contributed by atoms with Crippen LogP contribution < -0.4 is 15.2 Å². The zero-order chi connectivity index (χ0) is 11.5. The number of nitrogens with two attached hydrogens (primary N) is 1. The molecule has 6 heteroatoms. The lowest BCUT2D eigenvalue weighted by Gasteiger charge is -2.08. The maximum atomic E-state index is 5.50. The molecule has 84 valence electrons. The highest BCUT2D eigenvalue weighted by Gasteiger charge is 2.17. The van der Waals surface area contributed by atoms with E-state index in [0.29, 0.717) is 28.6 Å². The summed E-state index contributed by atoms with van der Waals surface area (Å²) < 4.78 is 15.4. The maximum absolute atomic E-state index is 5.50. The first-order chi connectivity index (χ1) is 7.76. The van der Waals surface area contributed by atoms with Crippen LogP contribution in [0, 0.1) is 0 Å². The van der Waals surface area contributed by atoms with Crippen molar-refractivity contribution in [3.63, 3.8) is 0 Å². The molecule has 2 aromatic heterocycles. The number of methoxy groups -OCH3 is 2. The van der Waals surface area contributed by atoms with E-state index in [1.54, 1.807) is 32.7 Å². The first kappa shape index (κ1) is 10.3. The van der Waals surface area contributed by atoms with E-state index in [1.807, 2.05) is 0 Å². The third kappa shape index (κ3) is 1.65. The van der Waals surface area contributed by atoms with E-state index in [1.165, 1.54) is 0 Å². The molecule has 0 aliphatic carbocycles. The van der Waals surface area contributed by atoms with Crippen molar-refractivity contribution in [2.24, 2.45) is 0 Å². The summed E-state index contributed by atoms with van der Waals surface area (Å²) >= 11 is 0. The molecule has 0 aromatic carbocycles. The standard InChI is InChI=1S/C10H11N3O3/c1-14-7-4-12-5-8(15-2)10(7)6-3-9(11)13-16-6/h3-5H,1-2H3,(H2,11,13). The second kappa shape index (κ2) is 4.09. The molecule has 0 unspecified atom stereocenters. The van der Waals surface area contributed by atoms with Gasteiger partial charge in [0.25, 0.3) is 0 Å². The Labute approximate surface area is 92.0 Å². The quantitative estimate of drug-likeness (QED) is 0.841. The average molecular weight is 221 g/mol. The van der Waals surface area contributed by atoms with E-state index in [2.05, 4.69) is 10.1 Å². The van der Waals surface area contributed by atoms with Crippen LogP contribution in [0.15, 0.2) is 23.0 Å². The van der Waals surface area contributed by atoms with Crippen LogP contribution in [-0.4, -0.2) is 24.4 Å². The van der Waals surface area contributed by atoms with Gasteiger partial charge in [-0.1, -0.05) is 5.16 Å². The van der Waals surface area contributed by atoms with Gasteiger partial charge in [-0.15, -0.1) is 0 Å². The minimum Gasteiger partial charge on any atom is -0.494 e. The van der Waals surface area contributed by atoms with Crippen molar-refractivity contribution >= 4 is 5.82 Å². The number of nitrogens with zero attached hydrogens (tertiary/aromatic N) is 2. The van der Waals surface area contributed by atoms with E-state index >= 15 is 0 Å². The number of pyridine rings is 1. The second-order valence-corrected chi connectivity index (χ2v) is 3.04. The van der Waals surface area contributed by atoms with Gasteiger partial charge in [0.05, 0.1) is 26.6 Å². The fourth-order valence-electron chi connectivity index (χ4n) is 1.38. The predicted octanol–water partition coefficient (Wildman–Crippen LogP) is 1.34. The Morgan fingerprint density at radius 2 is 1.81 bits per heavy atom. The molecular weight excluding hydrogens is 210 g/mol. The van der Waals surface area contributed by atoms with Gasteiger partial charge in [-0.05, 0) is 0 Å². The summed E-state index contributed by atoms with van der Waals surface area (Å²) in [5.41, 5.74) is 6.14. The van der Waals surface area contributed by atoms with Gasteiger partial charge < -0.3 is 19.7 Å². The fraction of sp³-hybridized carbons (Fsp3) is 0.200. The molecule has 0 aliphatic rings. The van der Waals surface area contributed by atoms with Crippen LogP contribution in [-0.2, 0) is 0 Å². The zero-order valence-corrected chi connectivity index (χ0v) is 8.93. The SMILES string of the molecule is COc1cncc(OC)c1-c1cc(N)no1. The van der Waals surface area contributed by atoms with Crippen LogP contribution in [0.3, 0.4) is 0 Å². The molecule has 0 fully saturated rings. The second-order valence-electron chi connectivity index (χ2n) is 3.04. The van der Waals surface area contributed by atoms with Crippen molar-refractivity contribution in [2.75, 3.05) is 20.0 Å². The minimum absolute atomic E-state index is 0.302. The molecule has 0 saturated carbocycles. The summed E-state index contributed by atoms with van der Waals surface area (Å²) in [5.74, 6) is 1.86. The molecule has 0 atom stereocenters. The van der Waals surface area contributed by atoms with Gasteiger partial charge in [-0.2, -0.15) is 0 Å². The maximum Gasteiger partial charge on any atom is 0.176 e. The predicted molar refractivity (Wildman–Crippen MR) is 57.3 cm³/mol. The van der Waals surface area contributed by atoms with Crippen molar-refractivity contribution in [2.45, 2.75) is 0 Å². The van der Waals surface area contributed by atoms with Gasteiger partial charge in [-0.3, -0.25) is 4.98 Å². The van der Waals surface area contributed by atoms with E-state index < -0.39 is 0 Å². The molecule has 0 spiro atoms. The molecule has 0 saturated heterocycles. The van der Waals surface area contributed by atoms with Gasteiger partial charge in [-0.25, -0.2) is 0 Å². The Hall–Kier alpha value is -2.24. The number of ether oxygens (including phenoxy) is 2. The van der Waals surface area contributed by atoms with Gasteiger partial charge in [0.1, 0.15) is 5.56 Å². The van der Waals surface area contributed by atoms with Crippen molar-refractivity contribution in [1.82, 2.24) is 10.1 Å². The molecule has 0 amide bonds. The molecular formula is C10H11N3O3. The lowest BCUT2D eigenvalue weighted by Crippen LogP contribution is -1.93. The summed E-state index contributed by atoms with van der Waals surface area (Å²) in [5, 5.41) is 3.62. The van der Waals surface area contributed by atoms with Gasteiger partial charge in [0.2, 0.25) is 0 Å². The summed E-state index contributed by atoms with van der Waals surface area (Å²) in [7, 11) is 3.08. The zero-order valence-electron chi connectivity index (χ0n) is 8.93. The van der Waals surface area contributed by atoms with Gasteiger partial charge >= 0.3 is 0 Å². The van der Waals surface area contributed by atoms with Crippen LogP contribution in [0.5, 0.6) is 11.5 Å². The summed E-state index contributed by atoms with van der Waals surface area (Å²) in [6, 6.07) is 1.60. The van der Waals surface area contributed by atoms with Crippen LogP contribution >= 0.6 is 0 Å². The Morgan fingerprint density at radius 1 is 1.19 bits per heavy atom. The number of aromatic nitrogens is 2. The third-order valence-corrected chi connectivity index (χ3v) is 2.09.